The minimum Gasteiger partial charge on any atom is -0.465 e. The van der Waals surface area contributed by atoms with Gasteiger partial charge in [0.15, 0.2) is 0 Å². The molecule has 0 aliphatic heterocycles. The number of ether oxygens (including phenoxy) is 1. The van der Waals surface area contributed by atoms with Gasteiger partial charge in [0, 0.05) is 22.7 Å². The summed E-state index contributed by atoms with van der Waals surface area (Å²) in [6, 6.07) is 22.6. The highest BCUT2D eigenvalue weighted by atomic mass is 32.2. The van der Waals surface area contributed by atoms with Crippen molar-refractivity contribution in [2.75, 3.05) is 11.8 Å². The van der Waals surface area contributed by atoms with Gasteiger partial charge in [0.1, 0.15) is 0 Å². The Labute approximate surface area is 230 Å². The molecule has 1 unspecified atom stereocenters. The number of rotatable bonds is 7. The van der Waals surface area contributed by atoms with Crippen LogP contribution in [0.4, 0.5) is 5.69 Å². The molecule has 0 saturated carbocycles. The molecule has 1 aromatic heterocycles. The first-order chi connectivity index (χ1) is 18.8. The van der Waals surface area contributed by atoms with Crippen molar-refractivity contribution in [3.63, 3.8) is 0 Å². The van der Waals surface area contributed by atoms with Gasteiger partial charge in [0.05, 0.1) is 38.5 Å². The van der Waals surface area contributed by atoms with Crippen molar-refractivity contribution in [1.29, 1.82) is 0 Å². The molecule has 6 heteroatoms. The number of nitrogens with one attached hydrogen (secondary N) is 1. The number of carbonyl (C=O) groups is 1. The summed E-state index contributed by atoms with van der Waals surface area (Å²) in [5, 5.41) is 0.904. The van der Waals surface area contributed by atoms with Crippen molar-refractivity contribution >= 4 is 49.3 Å². The number of benzene rings is 3. The molecular weight excluding hydrogens is 504 g/mol. The number of aryl methyl sites for hydroxylation is 1. The standard InChI is InChI=1S/C33H30N2O3S/c1-6-24(29-16-10-9-15-28(29)23(3)33(36)38-4)18-20-26-13-8-11-17-30(26)35-39(5,37)32-25(7-2)19-21-27-14-12-22-34-31(27)32/h6,8-17,19,21-22H,3,5,7H2,1-2,4H3,(H,35,37)/b24-6-. The summed E-state index contributed by atoms with van der Waals surface area (Å²) in [7, 11) is -1.66. The Morgan fingerprint density at radius 1 is 1.05 bits per heavy atom. The van der Waals surface area contributed by atoms with E-state index in [0.717, 1.165) is 16.5 Å². The van der Waals surface area contributed by atoms with Crippen LogP contribution in [0.25, 0.3) is 22.0 Å². The van der Waals surface area contributed by atoms with Gasteiger partial charge in [-0.25, -0.2) is 9.00 Å². The van der Waals surface area contributed by atoms with E-state index in [0.29, 0.717) is 39.2 Å². The van der Waals surface area contributed by atoms with Crippen LogP contribution >= 0.6 is 0 Å². The lowest BCUT2D eigenvalue weighted by atomic mass is 9.95. The molecule has 3 aromatic carbocycles. The highest BCUT2D eigenvalue weighted by Gasteiger charge is 2.19. The second-order valence-electron chi connectivity index (χ2n) is 8.77. The number of pyridine rings is 1. The second kappa shape index (κ2) is 11.8. The summed E-state index contributed by atoms with van der Waals surface area (Å²) in [6.07, 6.45) is 4.27. The van der Waals surface area contributed by atoms with Crippen LogP contribution < -0.4 is 4.72 Å². The van der Waals surface area contributed by atoms with E-state index in [4.69, 9.17) is 4.74 Å². The minimum atomic E-state index is -2.99. The molecule has 196 valence electrons. The summed E-state index contributed by atoms with van der Waals surface area (Å²) in [6.45, 7) is 7.81. The normalized spacial score (nSPS) is 12.6. The number of fused-ring (bicyclic) bond motifs is 1. The van der Waals surface area contributed by atoms with Gasteiger partial charge in [0.2, 0.25) is 0 Å². The Balaban J connectivity index is 1.74. The fraction of sp³-hybridized carbons (Fsp3) is 0.121. The van der Waals surface area contributed by atoms with Gasteiger partial charge in [-0.2, -0.15) is 0 Å². The van der Waals surface area contributed by atoms with Crippen LogP contribution in [0, 0.1) is 11.8 Å². The highest BCUT2D eigenvalue weighted by molar-refractivity contribution is 8.01. The first-order valence-corrected chi connectivity index (χ1v) is 14.2. The summed E-state index contributed by atoms with van der Waals surface area (Å²) in [5.74, 6) is 10.1. The predicted molar refractivity (Wildman–Crippen MR) is 163 cm³/mol. The summed E-state index contributed by atoms with van der Waals surface area (Å²) in [5.41, 5.74) is 5.24. The quantitative estimate of drug-likeness (QED) is 0.127. The lowest BCUT2D eigenvalue weighted by Crippen LogP contribution is -2.16. The second-order valence-corrected chi connectivity index (χ2v) is 10.7. The molecule has 1 N–H and O–H groups in total. The largest absolute Gasteiger partial charge is 0.465 e. The molecule has 1 atom stereocenters. The molecular formula is C33H30N2O3S. The number of para-hydroxylation sites is 1. The molecule has 0 amide bonds. The zero-order valence-electron chi connectivity index (χ0n) is 22.3. The predicted octanol–water partition coefficient (Wildman–Crippen LogP) is 6.54. The number of nitrogens with zero attached hydrogens (tertiary/aromatic N) is 1. The van der Waals surface area contributed by atoms with E-state index in [1.807, 2.05) is 92.7 Å². The Bertz CT molecular complexity index is 1770. The van der Waals surface area contributed by atoms with Gasteiger partial charge >= 0.3 is 5.97 Å². The highest BCUT2D eigenvalue weighted by Crippen LogP contribution is 2.29. The average Bonchev–Trinajstić information content (AvgIpc) is 2.96. The molecule has 0 bridgehead atoms. The van der Waals surface area contributed by atoms with Crippen LogP contribution in [0.1, 0.15) is 36.1 Å². The number of anilines is 1. The van der Waals surface area contributed by atoms with Crippen molar-refractivity contribution in [3.05, 3.63) is 114 Å². The maximum absolute atomic E-state index is 14.2. The molecule has 4 aromatic rings. The van der Waals surface area contributed by atoms with Gasteiger partial charge in [0.25, 0.3) is 0 Å². The molecule has 39 heavy (non-hydrogen) atoms. The van der Waals surface area contributed by atoms with Crippen LogP contribution in [0.3, 0.4) is 0 Å². The number of carbonyl (C=O) groups excluding carboxylic acids is 1. The molecule has 4 rings (SSSR count). The van der Waals surface area contributed by atoms with Gasteiger partial charge in [-0.05, 0) is 54.1 Å². The van der Waals surface area contributed by atoms with Crippen LogP contribution in [-0.2, 0) is 25.7 Å². The van der Waals surface area contributed by atoms with Crippen molar-refractivity contribution < 1.29 is 13.7 Å². The lowest BCUT2D eigenvalue weighted by molar-refractivity contribution is -0.133. The third-order valence-corrected chi connectivity index (χ3v) is 7.98. The smallest absolute Gasteiger partial charge is 0.337 e. The summed E-state index contributed by atoms with van der Waals surface area (Å²) in [4.78, 5) is 17.3. The monoisotopic (exact) mass is 534 g/mol. The maximum Gasteiger partial charge on any atom is 0.337 e. The number of hydrogen-bond acceptors (Lipinski definition) is 4. The Morgan fingerprint density at radius 3 is 2.49 bits per heavy atom. The Hall–Kier alpha value is -4.60. The first-order valence-electron chi connectivity index (χ1n) is 12.5. The van der Waals surface area contributed by atoms with Crippen LogP contribution in [0.2, 0.25) is 0 Å². The SMILES string of the molecule is C=C(C(=O)OC)c1ccccc1/C(C#Cc1ccccc1NS(=C)(=O)c1c(CC)ccc2cccnc12)=C\C. The summed E-state index contributed by atoms with van der Waals surface area (Å²) >= 11 is 0. The fourth-order valence-corrected chi connectivity index (χ4v) is 6.11. The number of hydrogen-bond donors (Lipinski definition) is 1. The van der Waals surface area contributed by atoms with Crippen LogP contribution in [0.15, 0.2) is 96.5 Å². The van der Waals surface area contributed by atoms with Crippen LogP contribution in [-0.4, -0.2) is 28.1 Å². The molecule has 0 spiro atoms. The molecule has 1 heterocycles. The van der Waals surface area contributed by atoms with Gasteiger partial charge < -0.3 is 9.46 Å². The molecule has 0 saturated heterocycles. The molecule has 5 nitrogen and oxygen atoms in total. The molecule has 0 aliphatic rings. The third kappa shape index (κ3) is 5.79. The third-order valence-electron chi connectivity index (χ3n) is 6.32. The number of allylic oxidation sites excluding steroid dienone is 2. The average molecular weight is 535 g/mol. The number of aromatic nitrogens is 1. The van der Waals surface area contributed by atoms with Gasteiger partial charge in [-0.1, -0.05) is 86.0 Å². The molecule has 0 aliphatic carbocycles. The molecule has 0 fully saturated rings. The van der Waals surface area contributed by atoms with Gasteiger partial charge in [-0.15, -0.1) is 0 Å². The number of methoxy groups -OCH3 is 1. The fourth-order valence-electron chi connectivity index (χ4n) is 4.36. The van der Waals surface area contributed by atoms with Crippen molar-refractivity contribution in [2.24, 2.45) is 0 Å². The topological polar surface area (TPSA) is 68.3 Å². The Kier molecular flexibility index (Phi) is 8.33. The van der Waals surface area contributed by atoms with E-state index < -0.39 is 15.7 Å². The Morgan fingerprint density at radius 2 is 1.77 bits per heavy atom. The van der Waals surface area contributed by atoms with Crippen molar-refractivity contribution in [2.45, 2.75) is 25.2 Å². The van der Waals surface area contributed by atoms with E-state index in [1.54, 1.807) is 6.20 Å². The zero-order valence-corrected chi connectivity index (χ0v) is 23.1. The van der Waals surface area contributed by atoms with E-state index in [2.05, 4.69) is 34.0 Å². The molecule has 0 radical (unpaired) electrons. The van der Waals surface area contributed by atoms with E-state index in [-0.39, 0.29) is 5.57 Å². The minimum absolute atomic E-state index is 0.253. The lowest BCUT2D eigenvalue weighted by Gasteiger charge is -2.18. The van der Waals surface area contributed by atoms with Crippen molar-refractivity contribution in [3.8, 4) is 11.8 Å². The van der Waals surface area contributed by atoms with Crippen LogP contribution in [0.5, 0.6) is 0 Å². The first kappa shape index (κ1) is 27.4. The van der Waals surface area contributed by atoms with E-state index >= 15 is 0 Å². The number of esters is 1. The zero-order chi connectivity index (χ0) is 28.0. The van der Waals surface area contributed by atoms with E-state index in [1.165, 1.54) is 7.11 Å². The van der Waals surface area contributed by atoms with Crippen molar-refractivity contribution in [1.82, 2.24) is 4.98 Å². The van der Waals surface area contributed by atoms with E-state index in [9.17, 15) is 9.00 Å². The maximum atomic E-state index is 14.2. The van der Waals surface area contributed by atoms with Gasteiger partial charge in [-0.3, -0.25) is 4.98 Å². The summed E-state index contributed by atoms with van der Waals surface area (Å²) < 4.78 is 22.2.